The molecule has 27 heavy (non-hydrogen) atoms. The molecule has 0 spiro atoms. The van der Waals surface area contributed by atoms with Gasteiger partial charge in [-0.2, -0.15) is 11.8 Å². The van der Waals surface area contributed by atoms with Crippen LogP contribution in [0.25, 0.3) is 0 Å². The normalized spacial score (nSPS) is 10.4. The van der Waals surface area contributed by atoms with Crippen LogP contribution in [0.3, 0.4) is 0 Å². The molecule has 3 rings (SSSR count). The molecule has 3 aromatic carbocycles. The van der Waals surface area contributed by atoms with Crippen LogP contribution in [0.1, 0.15) is 22.3 Å². The third-order valence-corrected chi connectivity index (χ3v) is 5.06. The SMILES string of the molecule is Cc1ccc(CSCc2ccc(OC(=O)OCc3ccccc3)cc2)cc1. The van der Waals surface area contributed by atoms with Crippen molar-refractivity contribution >= 4 is 17.9 Å². The monoisotopic (exact) mass is 378 g/mol. The highest BCUT2D eigenvalue weighted by Gasteiger charge is 2.06. The highest BCUT2D eigenvalue weighted by atomic mass is 32.2. The number of benzene rings is 3. The highest BCUT2D eigenvalue weighted by molar-refractivity contribution is 7.97. The maximum Gasteiger partial charge on any atom is 0.514 e. The van der Waals surface area contributed by atoms with Gasteiger partial charge in [0.15, 0.2) is 0 Å². The second-order valence-electron chi connectivity index (χ2n) is 6.25. The van der Waals surface area contributed by atoms with E-state index in [0.29, 0.717) is 5.75 Å². The van der Waals surface area contributed by atoms with E-state index >= 15 is 0 Å². The van der Waals surface area contributed by atoms with E-state index in [-0.39, 0.29) is 6.61 Å². The van der Waals surface area contributed by atoms with E-state index in [0.717, 1.165) is 17.1 Å². The zero-order valence-electron chi connectivity index (χ0n) is 15.3. The second kappa shape index (κ2) is 9.83. The van der Waals surface area contributed by atoms with Crippen LogP contribution < -0.4 is 4.74 Å². The zero-order valence-corrected chi connectivity index (χ0v) is 16.1. The molecule has 0 heterocycles. The molecule has 0 unspecified atom stereocenters. The number of aryl methyl sites for hydroxylation is 1. The van der Waals surface area contributed by atoms with Gasteiger partial charge in [0.05, 0.1) is 0 Å². The van der Waals surface area contributed by atoms with E-state index in [4.69, 9.17) is 9.47 Å². The standard InChI is InChI=1S/C23H22O3S/c1-18-7-9-20(10-8-18)16-27-17-21-11-13-22(14-12-21)26-23(24)25-15-19-5-3-2-4-6-19/h2-14H,15-17H2,1H3. The molecule has 0 aromatic heterocycles. The van der Waals surface area contributed by atoms with Gasteiger partial charge >= 0.3 is 6.16 Å². The number of ether oxygens (including phenoxy) is 2. The van der Waals surface area contributed by atoms with E-state index in [2.05, 4.69) is 31.2 Å². The Morgan fingerprint density at radius 2 is 1.37 bits per heavy atom. The topological polar surface area (TPSA) is 35.5 Å². The smallest absolute Gasteiger partial charge is 0.429 e. The van der Waals surface area contributed by atoms with Crippen molar-refractivity contribution in [1.82, 2.24) is 0 Å². The van der Waals surface area contributed by atoms with Gasteiger partial charge in [-0.1, -0.05) is 72.3 Å². The molecule has 0 bridgehead atoms. The van der Waals surface area contributed by atoms with Gasteiger partial charge < -0.3 is 9.47 Å². The summed E-state index contributed by atoms with van der Waals surface area (Å²) in [7, 11) is 0. The molecule has 0 aliphatic carbocycles. The molecular weight excluding hydrogens is 356 g/mol. The predicted molar refractivity (Wildman–Crippen MR) is 110 cm³/mol. The molecule has 0 amide bonds. The Labute approximate surface area is 164 Å². The summed E-state index contributed by atoms with van der Waals surface area (Å²) in [5, 5.41) is 0. The van der Waals surface area contributed by atoms with E-state index in [9.17, 15) is 4.79 Å². The van der Waals surface area contributed by atoms with Crippen molar-refractivity contribution in [3.63, 3.8) is 0 Å². The first-order valence-electron chi connectivity index (χ1n) is 8.80. The summed E-state index contributed by atoms with van der Waals surface area (Å²) in [6.45, 7) is 2.30. The number of rotatable bonds is 7. The van der Waals surface area contributed by atoms with Crippen LogP contribution in [-0.4, -0.2) is 6.16 Å². The Kier molecular flexibility index (Phi) is 6.94. The zero-order chi connectivity index (χ0) is 18.9. The minimum atomic E-state index is -0.694. The van der Waals surface area contributed by atoms with Crippen LogP contribution in [0.2, 0.25) is 0 Å². The van der Waals surface area contributed by atoms with Crippen LogP contribution in [0, 0.1) is 6.92 Å². The van der Waals surface area contributed by atoms with Gasteiger partial charge in [0.2, 0.25) is 0 Å². The number of carbonyl (C=O) groups is 1. The first kappa shape index (κ1) is 19.1. The van der Waals surface area contributed by atoms with Crippen molar-refractivity contribution < 1.29 is 14.3 Å². The summed E-state index contributed by atoms with van der Waals surface area (Å²) >= 11 is 1.86. The van der Waals surface area contributed by atoms with Crippen molar-refractivity contribution in [1.29, 1.82) is 0 Å². The first-order chi connectivity index (χ1) is 13.2. The molecule has 138 valence electrons. The maximum absolute atomic E-state index is 11.8. The van der Waals surface area contributed by atoms with Gasteiger partial charge in [-0.25, -0.2) is 4.79 Å². The van der Waals surface area contributed by atoms with Gasteiger partial charge in [0.25, 0.3) is 0 Å². The van der Waals surface area contributed by atoms with Gasteiger partial charge in [0, 0.05) is 11.5 Å². The van der Waals surface area contributed by atoms with Crippen LogP contribution in [0.4, 0.5) is 4.79 Å². The summed E-state index contributed by atoms with van der Waals surface area (Å²) in [4.78, 5) is 11.8. The van der Waals surface area contributed by atoms with Crippen molar-refractivity contribution in [2.75, 3.05) is 0 Å². The Hall–Kier alpha value is -2.72. The van der Waals surface area contributed by atoms with Crippen LogP contribution >= 0.6 is 11.8 Å². The largest absolute Gasteiger partial charge is 0.514 e. The summed E-state index contributed by atoms with van der Waals surface area (Å²) in [6, 6.07) is 25.7. The average molecular weight is 378 g/mol. The van der Waals surface area contributed by atoms with Crippen molar-refractivity contribution in [3.8, 4) is 5.75 Å². The summed E-state index contributed by atoms with van der Waals surface area (Å²) in [5.74, 6) is 2.37. The van der Waals surface area contributed by atoms with Gasteiger partial charge in [-0.15, -0.1) is 0 Å². The Balaban J connectivity index is 1.41. The molecule has 0 saturated carbocycles. The van der Waals surface area contributed by atoms with E-state index in [1.54, 1.807) is 12.1 Å². The molecule has 0 saturated heterocycles. The third kappa shape index (κ3) is 6.50. The Morgan fingerprint density at radius 1 is 0.778 bits per heavy atom. The van der Waals surface area contributed by atoms with Crippen molar-refractivity contribution in [3.05, 3.63) is 101 Å². The Bertz CT molecular complexity index is 843. The quantitative estimate of drug-likeness (QED) is 0.365. The molecule has 3 aromatic rings. The van der Waals surface area contributed by atoms with Gasteiger partial charge in [-0.3, -0.25) is 0 Å². The van der Waals surface area contributed by atoms with Crippen LogP contribution in [-0.2, 0) is 22.8 Å². The van der Waals surface area contributed by atoms with E-state index in [1.165, 1.54) is 16.7 Å². The van der Waals surface area contributed by atoms with E-state index in [1.807, 2.05) is 54.2 Å². The lowest BCUT2D eigenvalue weighted by Crippen LogP contribution is -2.10. The number of carbonyl (C=O) groups excluding carboxylic acids is 1. The summed E-state index contributed by atoms with van der Waals surface area (Å²) < 4.78 is 10.3. The fourth-order valence-electron chi connectivity index (χ4n) is 2.47. The fraction of sp³-hybridized carbons (Fsp3) is 0.174. The molecule has 3 nitrogen and oxygen atoms in total. The lowest BCUT2D eigenvalue weighted by atomic mass is 10.2. The van der Waals surface area contributed by atoms with Gasteiger partial charge in [0.1, 0.15) is 12.4 Å². The fourth-order valence-corrected chi connectivity index (χ4v) is 3.43. The molecule has 0 radical (unpaired) electrons. The molecule has 0 aliphatic rings. The molecule has 0 fully saturated rings. The van der Waals surface area contributed by atoms with Crippen LogP contribution in [0.5, 0.6) is 5.75 Å². The second-order valence-corrected chi connectivity index (χ2v) is 7.23. The molecule has 0 atom stereocenters. The summed E-state index contributed by atoms with van der Waals surface area (Å²) in [5.41, 5.74) is 4.72. The van der Waals surface area contributed by atoms with Gasteiger partial charge in [-0.05, 0) is 35.7 Å². The first-order valence-corrected chi connectivity index (χ1v) is 9.95. The predicted octanol–water partition coefficient (Wildman–Crippen LogP) is 6.14. The minimum absolute atomic E-state index is 0.202. The Morgan fingerprint density at radius 3 is 2.00 bits per heavy atom. The lowest BCUT2D eigenvalue weighted by Gasteiger charge is -2.07. The molecule has 0 N–H and O–H groups in total. The minimum Gasteiger partial charge on any atom is -0.429 e. The lowest BCUT2D eigenvalue weighted by molar-refractivity contribution is 0.0928. The number of thioether (sulfide) groups is 1. The molecular formula is C23H22O3S. The highest BCUT2D eigenvalue weighted by Crippen LogP contribution is 2.20. The summed E-state index contributed by atoms with van der Waals surface area (Å²) in [6.07, 6.45) is -0.694. The maximum atomic E-state index is 11.8. The molecule has 4 heteroatoms. The average Bonchev–Trinajstić information content (AvgIpc) is 2.70. The molecule has 0 aliphatic heterocycles. The van der Waals surface area contributed by atoms with E-state index < -0.39 is 6.16 Å². The number of hydrogen-bond donors (Lipinski definition) is 0. The van der Waals surface area contributed by atoms with Crippen LogP contribution in [0.15, 0.2) is 78.9 Å². The van der Waals surface area contributed by atoms with Crippen molar-refractivity contribution in [2.24, 2.45) is 0 Å². The van der Waals surface area contributed by atoms with Crippen molar-refractivity contribution in [2.45, 2.75) is 25.0 Å². The third-order valence-electron chi connectivity index (χ3n) is 3.98. The number of hydrogen-bond acceptors (Lipinski definition) is 4.